The lowest BCUT2D eigenvalue weighted by Gasteiger charge is -2.21. The Balaban J connectivity index is 5.31. The van der Waals surface area contributed by atoms with Gasteiger partial charge in [0.2, 0.25) is 0 Å². The van der Waals surface area contributed by atoms with Gasteiger partial charge < -0.3 is 33.8 Å². The normalized spacial score (nSPS) is 14.4. The summed E-state index contributed by atoms with van der Waals surface area (Å²) >= 11 is 0. The summed E-state index contributed by atoms with van der Waals surface area (Å²) in [5, 5.41) is 10.6. The minimum atomic E-state index is -4.97. The van der Waals surface area contributed by atoms with E-state index in [1.54, 1.807) is 0 Å². The first-order valence-corrected chi connectivity index (χ1v) is 39.5. The summed E-state index contributed by atoms with van der Waals surface area (Å²) in [5.74, 6) is -2.19. The Labute approximate surface area is 559 Å². The number of carbonyl (C=O) groups excluding carboxylic acids is 4. The first kappa shape index (κ1) is 88.8. The van der Waals surface area contributed by atoms with E-state index < -0.39 is 97.5 Å². The molecule has 0 aromatic heterocycles. The van der Waals surface area contributed by atoms with Gasteiger partial charge in [-0.3, -0.25) is 37.3 Å². The summed E-state index contributed by atoms with van der Waals surface area (Å²) in [6.07, 6.45) is 62.3. The number of hydrogen-bond acceptors (Lipinski definition) is 15. The Morgan fingerprint density at radius 1 is 0.315 bits per heavy atom. The smallest absolute Gasteiger partial charge is 0.462 e. The zero-order valence-corrected chi connectivity index (χ0v) is 60.0. The third kappa shape index (κ3) is 65.4. The van der Waals surface area contributed by atoms with Crippen LogP contribution in [0.4, 0.5) is 0 Å². The lowest BCUT2D eigenvalue weighted by Crippen LogP contribution is -2.30. The summed E-state index contributed by atoms with van der Waals surface area (Å²) in [4.78, 5) is 72.6. The predicted octanol–water partition coefficient (Wildman–Crippen LogP) is 20.3. The monoisotopic (exact) mass is 1340 g/mol. The fourth-order valence-electron chi connectivity index (χ4n) is 9.84. The second kappa shape index (κ2) is 66.4. The molecule has 0 fully saturated rings. The van der Waals surface area contributed by atoms with E-state index >= 15 is 0 Å². The molecule has 17 nitrogen and oxygen atoms in total. The molecular formula is C73H132O17P2. The van der Waals surface area contributed by atoms with Gasteiger partial charge in [0, 0.05) is 25.7 Å². The number of phosphoric acid groups is 2. The van der Waals surface area contributed by atoms with E-state index in [0.29, 0.717) is 25.7 Å². The number of unbranched alkanes of at least 4 members (excludes halogenated alkanes) is 33. The van der Waals surface area contributed by atoms with Crippen LogP contribution in [0.3, 0.4) is 0 Å². The third-order valence-corrected chi connectivity index (χ3v) is 17.4. The molecule has 0 amide bonds. The fourth-order valence-corrected chi connectivity index (χ4v) is 11.4. The third-order valence-electron chi connectivity index (χ3n) is 15.5. The Morgan fingerprint density at radius 3 is 0.913 bits per heavy atom. The molecule has 0 saturated carbocycles. The number of aliphatic hydroxyl groups is 1. The Hall–Kier alpha value is -3.24. The Bertz CT molecular complexity index is 1990. The number of rotatable bonds is 69. The van der Waals surface area contributed by atoms with Crippen LogP contribution >= 0.6 is 15.6 Å². The molecule has 0 saturated heterocycles. The lowest BCUT2D eigenvalue weighted by atomic mass is 10.0. The highest BCUT2D eigenvalue weighted by Gasteiger charge is 2.30. The van der Waals surface area contributed by atoms with Crippen molar-refractivity contribution in [3.05, 3.63) is 60.8 Å². The molecule has 536 valence electrons. The summed E-state index contributed by atoms with van der Waals surface area (Å²) in [6, 6.07) is 0. The molecule has 0 spiro atoms. The SMILES string of the molecule is CC/C=C\C/C=C\C/C=C\CCCCCCCC(=O)OCC(COP(=O)(O)OCC(O)COP(=O)(O)OCC(COC(=O)CCCCCCC/C=C\CCCC)OC(=O)CCCCCCC/C=C\CCCC)OC(=O)CCCCCCCCCCCCCCCCC. The average molecular weight is 1340 g/mol. The molecule has 3 N–H and O–H groups in total. The van der Waals surface area contributed by atoms with Crippen molar-refractivity contribution in [2.45, 2.75) is 341 Å². The van der Waals surface area contributed by atoms with E-state index in [-0.39, 0.29) is 25.7 Å². The molecule has 92 heavy (non-hydrogen) atoms. The molecule has 0 aliphatic rings. The summed E-state index contributed by atoms with van der Waals surface area (Å²) in [5.41, 5.74) is 0. The van der Waals surface area contributed by atoms with Gasteiger partial charge in [-0.15, -0.1) is 0 Å². The molecule has 0 aromatic rings. The highest BCUT2D eigenvalue weighted by atomic mass is 31.2. The number of ether oxygens (including phenoxy) is 4. The predicted molar refractivity (Wildman–Crippen MR) is 372 cm³/mol. The van der Waals surface area contributed by atoms with Crippen molar-refractivity contribution in [3.63, 3.8) is 0 Å². The molecule has 0 radical (unpaired) electrons. The van der Waals surface area contributed by atoms with Crippen LogP contribution in [0.5, 0.6) is 0 Å². The number of hydrogen-bond donors (Lipinski definition) is 3. The van der Waals surface area contributed by atoms with Gasteiger partial charge in [0.1, 0.15) is 19.3 Å². The van der Waals surface area contributed by atoms with Gasteiger partial charge in [0.25, 0.3) is 0 Å². The molecule has 0 aliphatic carbocycles. The number of aliphatic hydroxyl groups excluding tert-OH is 1. The van der Waals surface area contributed by atoms with Crippen molar-refractivity contribution in [1.82, 2.24) is 0 Å². The van der Waals surface area contributed by atoms with Gasteiger partial charge >= 0.3 is 39.5 Å². The maximum absolute atomic E-state index is 13.0. The first-order valence-electron chi connectivity index (χ1n) is 36.5. The summed E-state index contributed by atoms with van der Waals surface area (Å²) < 4.78 is 68.3. The van der Waals surface area contributed by atoms with Gasteiger partial charge in [0.05, 0.1) is 26.4 Å². The quantitative estimate of drug-likeness (QED) is 0.0169. The van der Waals surface area contributed by atoms with Gasteiger partial charge in [-0.1, -0.05) is 262 Å². The van der Waals surface area contributed by atoms with Gasteiger partial charge in [0.15, 0.2) is 12.2 Å². The van der Waals surface area contributed by atoms with E-state index in [1.165, 1.54) is 89.9 Å². The second-order valence-electron chi connectivity index (χ2n) is 24.5. The number of esters is 4. The first-order chi connectivity index (χ1) is 44.7. The molecule has 5 atom stereocenters. The maximum Gasteiger partial charge on any atom is 0.472 e. The Kier molecular flexibility index (Phi) is 64.0. The van der Waals surface area contributed by atoms with Crippen molar-refractivity contribution in [3.8, 4) is 0 Å². The molecule has 5 unspecified atom stereocenters. The van der Waals surface area contributed by atoms with E-state index in [1.807, 2.05) is 0 Å². The van der Waals surface area contributed by atoms with Crippen LogP contribution in [0, 0.1) is 0 Å². The summed E-state index contributed by atoms with van der Waals surface area (Å²) in [6.45, 7) is 4.68. The fraction of sp³-hybridized carbons (Fsp3) is 0.808. The van der Waals surface area contributed by atoms with E-state index in [4.69, 9.17) is 37.0 Å². The van der Waals surface area contributed by atoms with Crippen molar-refractivity contribution in [1.29, 1.82) is 0 Å². The largest absolute Gasteiger partial charge is 0.472 e. The number of carbonyl (C=O) groups is 4. The van der Waals surface area contributed by atoms with E-state index in [0.717, 1.165) is 154 Å². The molecule has 0 rings (SSSR count). The average Bonchev–Trinajstić information content (AvgIpc) is 2.93. The number of phosphoric ester groups is 2. The second-order valence-corrected chi connectivity index (χ2v) is 27.4. The van der Waals surface area contributed by atoms with E-state index in [9.17, 15) is 43.2 Å². The molecule has 0 bridgehead atoms. The molecule has 0 heterocycles. The van der Waals surface area contributed by atoms with Crippen LogP contribution in [0.25, 0.3) is 0 Å². The molecule has 19 heteroatoms. The van der Waals surface area contributed by atoms with Crippen LogP contribution in [-0.2, 0) is 65.4 Å². The topological polar surface area (TPSA) is 237 Å². The molecule has 0 aliphatic heterocycles. The van der Waals surface area contributed by atoms with Crippen LogP contribution in [-0.4, -0.2) is 96.7 Å². The van der Waals surface area contributed by atoms with Crippen molar-refractivity contribution < 1.29 is 80.2 Å². The Morgan fingerprint density at radius 2 is 0.576 bits per heavy atom. The van der Waals surface area contributed by atoms with Crippen LogP contribution in [0.15, 0.2) is 60.8 Å². The van der Waals surface area contributed by atoms with Gasteiger partial charge in [-0.05, 0) is 96.3 Å². The van der Waals surface area contributed by atoms with Crippen molar-refractivity contribution in [2.24, 2.45) is 0 Å². The maximum atomic E-state index is 13.0. The zero-order valence-electron chi connectivity index (χ0n) is 58.2. The van der Waals surface area contributed by atoms with Gasteiger partial charge in [-0.2, -0.15) is 0 Å². The minimum Gasteiger partial charge on any atom is -0.462 e. The highest BCUT2D eigenvalue weighted by Crippen LogP contribution is 2.45. The zero-order chi connectivity index (χ0) is 67.5. The standard InChI is InChI=1S/C73H132O17P2/c1-5-9-13-17-21-25-29-31-33-35-39-42-46-50-54-58-71(76)84-64-69(90-73(78)60-56-52-48-44-40-36-34-32-30-26-22-18-14-10-6-2)66-88-92(81,82)86-62-67(74)61-85-91(79,80)87-65-68(89-72(77)59-55-51-47-43-38-28-24-20-16-12-8-4)63-83-70(75)57-53-49-45-41-37-27-23-19-15-11-7-3/h9,13,19-21,23-25,31,33,67-69,74H,5-8,10-12,14-18,22,26-30,32,34-66H2,1-4H3,(H,79,80)(H,81,82)/b13-9-,23-19-,24-20-,25-21-,33-31-. The van der Waals surface area contributed by atoms with Gasteiger partial charge in [-0.25, -0.2) is 9.13 Å². The van der Waals surface area contributed by atoms with Crippen LogP contribution < -0.4 is 0 Å². The highest BCUT2D eigenvalue weighted by molar-refractivity contribution is 7.47. The van der Waals surface area contributed by atoms with Crippen molar-refractivity contribution >= 4 is 39.5 Å². The number of allylic oxidation sites excluding steroid dienone is 10. The minimum absolute atomic E-state index is 0.0863. The van der Waals surface area contributed by atoms with Crippen molar-refractivity contribution in [2.75, 3.05) is 39.6 Å². The lowest BCUT2D eigenvalue weighted by molar-refractivity contribution is -0.161. The van der Waals surface area contributed by atoms with E-state index in [2.05, 4.69) is 88.5 Å². The molecule has 0 aromatic carbocycles. The van der Waals surface area contributed by atoms with Crippen LogP contribution in [0.2, 0.25) is 0 Å². The summed E-state index contributed by atoms with van der Waals surface area (Å²) in [7, 11) is -9.93. The molecular weight excluding hydrogens is 1210 g/mol. The van der Waals surface area contributed by atoms with Crippen LogP contribution in [0.1, 0.15) is 323 Å².